The fourth-order valence-corrected chi connectivity index (χ4v) is 4.79. The average molecular weight is 441 g/mol. The SMILES string of the molecule is Cc1cnc(CNC(=O)[C@H]2CN(Cc3cccc(OCCO)c3)CC23CCOCC3)nc1. The third-order valence-electron chi connectivity index (χ3n) is 6.44. The number of nitrogens with one attached hydrogen (secondary N) is 1. The van der Waals surface area contributed by atoms with Crippen molar-refractivity contribution in [2.75, 3.05) is 39.5 Å². The number of aliphatic hydroxyl groups is 1. The summed E-state index contributed by atoms with van der Waals surface area (Å²) < 4.78 is 11.2. The van der Waals surface area contributed by atoms with Gasteiger partial charge in [0.05, 0.1) is 19.1 Å². The number of benzene rings is 1. The summed E-state index contributed by atoms with van der Waals surface area (Å²) in [6.07, 6.45) is 5.32. The van der Waals surface area contributed by atoms with E-state index in [4.69, 9.17) is 14.6 Å². The van der Waals surface area contributed by atoms with Crippen LogP contribution in [0.15, 0.2) is 36.7 Å². The molecule has 0 bridgehead atoms. The van der Waals surface area contributed by atoms with E-state index >= 15 is 0 Å². The minimum Gasteiger partial charge on any atom is -0.491 e. The molecular weight excluding hydrogens is 408 g/mol. The first kappa shape index (κ1) is 22.6. The maximum absolute atomic E-state index is 13.3. The van der Waals surface area contributed by atoms with Crippen LogP contribution in [0.5, 0.6) is 5.75 Å². The highest BCUT2D eigenvalue weighted by atomic mass is 16.5. The van der Waals surface area contributed by atoms with Gasteiger partial charge in [0.25, 0.3) is 0 Å². The van der Waals surface area contributed by atoms with Crippen molar-refractivity contribution >= 4 is 5.91 Å². The fraction of sp³-hybridized carbons (Fsp3) is 0.542. The van der Waals surface area contributed by atoms with Crippen molar-refractivity contribution in [3.05, 3.63) is 53.6 Å². The van der Waals surface area contributed by atoms with Crippen molar-refractivity contribution < 1.29 is 19.4 Å². The van der Waals surface area contributed by atoms with Crippen molar-refractivity contribution in [3.63, 3.8) is 0 Å². The van der Waals surface area contributed by atoms with E-state index in [-0.39, 0.29) is 30.5 Å². The Labute approximate surface area is 189 Å². The molecule has 32 heavy (non-hydrogen) atoms. The first-order chi connectivity index (χ1) is 15.6. The van der Waals surface area contributed by atoms with Gasteiger partial charge in [0.1, 0.15) is 18.2 Å². The number of amides is 1. The lowest BCUT2D eigenvalue weighted by Crippen LogP contribution is -2.44. The Balaban J connectivity index is 1.43. The second kappa shape index (κ2) is 10.4. The second-order valence-corrected chi connectivity index (χ2v) is 8.81. The van der Waals surface area contributed by atoms with E-state index in [0.29, 0.717) is 32.1 Å². The summed E-state index contributed by atoms with van der Waals surface area (Å²) in [6, 6.07) is 7.94. The van der Waals surface area contributed by atoms with Crippen molar-refractivity contribution in [1.29, 1.82) is 0 Å². The normalized spacial score (nSPS) is 20.4. The minimum atomic E-state index is -0.0920. The molecular formula is C24H32N4O4. The molecule has 3 heterocycles. The number of hydrogen-bond donors (Lipinski definition) is 2. The van der Waals surface area contributed by atoms with Crippen LogP contribution in [-0.2, 0) is 22.6 Å². The highest BCUT2D eigenvalue weighted by molar-refractivity contribution is 5.80. The zero-order valence-corrected chi connectivity index (χ0v) is 18.6. The number of carbonyl (C=O) groups is 1. The summed E-state index contributed by atoms with van der Waals surface area (Å²) >= 11 is 0. The number of carbonyl (C=O) groups excluding carboxylic acids is 1. The maximum atomic E-state index is 13.3. The van der Waals surface area contributed by atoms with Crippen LogP contribution in [0.4, 0.5) is 0 Å². The lowest BCUT2D eigenvalue weighted by atomic mass is 9.72. The number of aromatic nitrogens is 2. The van der Waals surface area contributed by atoms with Gasteiger partial charge in [-0.05, 0) is 43.0 Å². The van der Waals surface area contributed by atoms with Gasteiger partial charge in [-0.3, -0.25) is 9.69 Å². The van der Waals surface area contributed by atoms with Crippen LogP contribution in [-0.4, -0.2) is 65.4 Å². The molecule has 0 aliphatic carbocycles. The number of hydrogen-bond acceptors (Lipinski definition) is 7. The van der Waals surface area contributed by atoms with Gasteiger partial charge in [-0.1, -0.05) is 12.1 Å². The van der Waals surface area contributed by atoms with Gasteiger partial charge in [0.15, 0.2) is 0 Å². The first-order valence-electron chi connectivity index (χ1n) is 11.3. The van der Waals surface area contributed by atoms with Gasteiger partial charge in [0, 0.05) is 50.7 Å². The zero-order valence-electron chi connectivity index (χ0n) is 18.6. The molecule has 2 aliphatic heterocycles. The second-order valence-electron chi connectivity index (χ2n) is 8.81. The number of aryl methyl sites for hydroxylation is 1. The number of likely N-dealkylation sites (tertiary alicyclic amines) is 1. The van der Waals surface area contributed by atoms with Gasteiger partial charge in [-0.15, -0.1) is 0 Å². The van der Waals surface area contributed by atoms with Crippen molar-refractivity contribution in [1.82, 2.24) is 20.2 Å². The maximum Gasteiger partial charge on any atom is 0.225 e. The molecule has 1 amide bonds. The Morgan fingerprint density at radius 3 is 2.84 bits per heavy atom. The van der Waals surface area contributed by atoms with E-state index in [1.807, 2.05) is 25.1 Å². The molecule has 172 valence electrons. The summed E-state index contributed by atoms with van der Waals surface area (Å²) in [6.45, 7) is 6.29. The van der Waals surface area contributed by atoms with Crippen molar-refractivity contribution in [2.24, 2.45) is 11.3 Å². The number of aliphatic hydroxyl groups excluding tert-OH is 1. The van der Waals surface area contributed by atoms with E-state index in [0.717, 1.165) is 42.8 Å². The lowest BCUT2D eigenvalue weighted by Gasteiger charge is -2.37. The van der Waals surface area contributed by atoms with Crippen LogP contribution in [0, 0.1) is 18.3 Å². The topological polar surface area (TPSA) is 96.8 Å². The van der Waals surface area contributed by atoms with Gasteiger partial charge in [-0.2, -0.15) is 0 Å². The number of ether oxygens (including phenoxy) is 2. The molecule has 0 unspecified atom stereocenters. The zero-order chi connectivity index (χ0) is 22.4. The Kier molecular flexibility index (Phi) is 7.34. The van der Waals surface area contributed by atoms with Crippen LogP contribution < -0.4 is 10.1 Å². The molecule has 2 aromatic rings. The quantitative estimate of drug-likeness (QED) is 0.645. The largest absolute Gasteiger partial charge is 0.491 e. The smallest absolute Gasteiger partial charge is 0.225 e. The summed E-state index contributed by atoms with van der Waals surface area (Å²) in [5.74, 6) is 1.35. The Bertz CT molecular complexity index is 899. The molecule has 2 aliphatic rings. The van der Waals surface area contributed by atoms with Gasteiger partial charge >= 0.3 is 0 Å². The predicted molar refractivity (Wildman–Crippen MR) is 119 cm³/mol. The Hall–Kier alpha value is -2.55. The standard InChI is InChI=1S/C24H32N4O4/c1-18-12-25-22(26-13-18)14-27-23(30)21-16-28(17-24(21)5-8-31-9-6-24)15-19-3-2-4-20(11-19)32-10-7-29/h2-4,11-13,21,29H,5-10,14-17H2,1H3,(H,27,30)/t21-/m1/s1. The fourth-order valence-electron chi connectivity index (χ4n) is 4.79. The highest BCUT2D eigenvalue weighted by Gasteiger charge is 2.50. The predicted octanol–water partition coefficient (Wildman–Crippen LogP) is 1.70. The lowest BCUT2D eigenvalue weighted by molar-refractivity contribution is -0.130. The van der Waals surface area contributed by atoms with E-state index in [2.05, 4.69) is 26.3 Å². The Morgan fingerprint density at radius 2 is 2.09 bits per heavy atom. The molecule has 2 saturated heterocycles. The monoisotopic (exact) mass is 440 g/mol. The van der Waals surface area contributed by atoms with E-state index in [9.17, 15) is 4.79 Å². The summed E-state index contributed by atoms with van der Waals surface area (Å²) in [5, 5.41) is 12.1. The molecule has 8 nitrogen and oxygen atoms in total. The number of nitrogens with zero attached hydrogens (tertiary/aromatic N) is 3. The molecule has 0 radical (unpaired) electrons. The third kappa shape index (κ3) is 5.43. The molecule has 2 fully saturated rings. The summed E-state index contributed by atoms with van der Waals surface area (Å²) in [7, 11) is 0. The first-order valence-corrected chi connectivity index (χ1v) is 11.3. The van der Waals surface area contributed by atoms with E-state index in [1.54, 1.807) is 12.4 Å². The summed E-state index contributed by atoms with van der Waals surface area (Å²) in [4.78, 5) is 24.2. The van der Waals surface area contributed by atoms with Gasteiger partial charge < -0.3 is 19.9 Å². The molecule has 8 heteroatoms. The Morgan fingerprint density at radius 1 is 1.31 bits per heavy atom. The minimum absolute atomic E-state index is 0.00857. The van der Waals surface area contributed by atoms with Gasteiger partial charge in [0.2, 0.25) is 5.91 Å². The van der Waals surface area contributed by atoms with Crippen molar-refractivity contribution in [2.45, 2.75) is 32.9 Å². The molecule has 2 N–H and O–H groups in total. The number of rotatable bonds is 8. The summed E-state index contributed by atoms with van der Waals surface area (Å²) in [5.41, 5.74) is 2.07. The van der Waals surface area contributed by atoms with Gasteiger partial charge in [-0.25, -0.2) is 9.97 Å². The van der Waals surface area contributed by atoms with Crippen LogP contribution >= 0.6 is 0 Å². The molecule has 0 saturated carbocycles. The molecule has 1 atom stereocenters. The van der Waals surface area contributed by atoms with Crippen LogP contribution in [0.1, 0.15) is 29.8 Å². The van der Waals surface area contributed by atoms with E-state index in [1.165, 1.54) is 0 Å². The third-order valence-corrected chi connectivity index (χ3v) is 6.44. The van der Waals surface area contributed by atoms with Crippen LogP contribution in [0.25, 0.3) is 0 Å². The van der Waals surface area contributed by atoms with Crippen LogP contribution in [0.3, 0.4) is 0 Å². The molecule has 1 spiro atoms. The van der Waals surface area contributed by atoms with Crippen LogP contribution in [0.2, 0.25) is 0 Å². The molecule has 4 rings (SSSR count). The molecule has 1 aromatic carbocycles. The van der Waals surface area contributed by atoms with E-state index < -0.39 is 0 Å². The molecule has 1 aromatic heterocycles. The average Bonchev–Trinajstić information content (AvgIpc) is 3.14. The van der Waals surface area contributed by atoms with Crippen molar-refractivity contribution in [3.8, 4) is 5.75 Å². The highest BCUT2D eigenvalue weighted by Crippen LogP contribution is 2.44.